The van der Waals surface area contributed by atoms with Crippen LogP contribution in [0.15, 0.2) is 24.8 Å². The molecule has 4 aliphatic heterocycles. The fourth-order valence-corrected chi connectivity index (χ4v) is 13.2. The fourth-order valence-electron chi connectivity index (χ4n) is 13.2. The van der Waals surface area contributed by atoms with E-state index in [0.29, 0.717) is 42.2 Å². The van der Waals surface area contributed by atoms with E-state index in [2.05, 4.69) is 62.5 Å². The second-order valence-electron chi connectivity index (χ2n) is 27.9. The molecule has 4 aromatic heterocycles. The van der Waals surface area contributed by atoms with Gasteiger partial charge in [0.2, 0.25) is 23.6 Å². The van der Waals surface area contributed by atoms with Gasteiger partial charge in [0.25, 0.3) is 0 Å². The Bertz CT molecular complexity index is 3290. The minimum absolute atomic E-state index is 0.00516. The van der Waals surface area contributed by atoms with E-state index in [9.17, 15) is 85.3 Å². The summed E-state index contributed by atoms with van der Waals surface area (Å²) >= 11 is 0. The number of carbonyl (C=O) groups is 5. The maximum absolute atomic E-state index is 13.6. The number of carbonyl (C=O) groups excluding carboxylic acids is 4. The summed E-state index contributed by atoms with van der Waals surface area (Å²) in [6.07, 6.45) is -11.2. The number of ether oxygens (including phenoxy) is 12. The summed E-state index contributed by atoms with van der Waals surface area (Å²) in [5, 5.41) is 169. The summed E-state index contributed by atoms with van der Waals surface area (Å²) < 4.78 is 75.3. The van der Waals surface area contributed by atoms with Crippen molar-refractivity contribution in [3.63, 3.8) is 0 Å². The molecule has 0 aliphatic carbocycles. The molecule has 47 nitrogen and oxygen atoms in total. The normalized spacial score (nSPS) is 28.2. The average molecular weight is 1630 g/mol. The second kappa shape index (κ2) is 47.3. The van der Waals surface area contributed by atoms with E-state index in [0.717, 1.165) is 0 Å². The Kier molecular flexibility index (Phi) is 38.4. The minimum Gasteiger partial charge on any atom is -0.480 e. The molecule has 0 radical (unpaired) electrons. The number of aliphatic carboxylic acids is 1. The van der Waals surface area contributed by atoms with E-state index in [-0.39, 0.29) is 144 Å². The summed E-state index contributed by atoms with van der Waals surface area (Å²) in [6, 6.07) is -5.20. The predicted octanol–water partition coefficient (Wildman–Crippen LogP) is -9.44. The van der Waals surface area contributed by atoms with Gasteiger partial charge in [0.1, 0.15) is 85.2 Å². The van der Waals surface area contributed by atoms with Crippen molar-refractivity contribution in [2.45, 2.75) is 229 Å². The highest BCUT2D eigenvalue weighted by Gasteiger charge is 2.49. The zero-order valence-corrected chi connectivity index (χ0v) is 64.3. The number of aliphatic hydroxyl groups excluding tert-OH is 11. The summed E-state index contributed by atoms with van der Waals surface area (Å²) in [4.78, 5) is 65.0. The van der Waals surface area contributed by atoms with Gasteiger partial charge in [-0.3, -0.25) is 33.8 Å². The molecule has 4 saturated heterocycles. The Balaban J connectivity index is 0.895. The highest BCUT2D eigenvalue weighted by molar-refractivity contribution is 5.75. The first-order valence-electron chi connectivity index (χ1n) is 37.7. The Labute approximate surface area is 655 Å². The molecular weight excluding hydrogens is 1520 g/mol. The lowest BCUT2D eigenvalue weighted by atomic mass is 9.89. The van der Waals surface area contributed by atoms with Crippen molar-refractivity contribution >= 4 is 29.6 Å². The maximum Gasteiger partial charge on any atom is 0.320 e. The zero-order chi connectivity index (χ0) is 82.4. The Hall–Kier alpha value is -7.09. The van der Waals surface area contributed by atoms with Crippen molar-refractivity contribution in [3.8, 4) is 0 Å². The number of aliphatic hydroxyl groups is 11. The molecule has 0 saturated carbocycles. The van der Waals surface area contributed by atoms with Crippen LogP contribution in [0.2, 0.25) is 0 Å². The first-order valence-corrected chi connectivity index (χ1v) is 37.7. The number of unbranched alkanes of at least 4 members (excludes halogenated alkanes) is 1. The van der Waals surface area contributed by atoms with Crippen molar-refractivity contribution in [2.24, 2.45) is 5.92 Å². The quantitative estimate of drug-likeness (QED) is 0.0183. The van der Waals surface area contributed by atoms with Crippen molar-refractivity contribution in [3.05, 3.63) is 47.6 Å². The van der Waals surface area contributed by atoms with E-state index in [4.69, 9.17) is 56.8 Å². The van der Waals surface area contributed by atoms with E-state index in [1.54, 1.807) is 46.0 Å². The summed E-state index contributed by atoms with van der Waals surface area (Å²) in [5.74, 6) is -3.49. The summed E-state index contributed by atoms with van der Waals surface area (Å²) in [6.45, 7) is 6.95. The third-order valence-electron chi connectivity index (χ3n) is 19.1. The summed E-state index contributed by atoms with van der Waals surface area (Å²) in [7, 11) is 0. The lowest BCUT2D eigenvalue weighted by molar-refractivity contribution is -0.272. The first-order chi connectivity index (χ1) is 54.8. The molecule has 4 aromatic rings. The molecule has 4 aliphatic rings. The molecule has 21 atom stereocenters. The molecule has 0 bridgehead atoms. The minimum atomic E-state index is -1.49. The number of rotatable bonds is 51. The smallest absolute Gasteiger partial charge is 0.320 e. The Morgan fingerprint density at radius 1 is 0.412 bits per heavy atom. The topological polar surface area (TPSA) is 616 Å². The average Bonchev–Trinajstić information content (AvgIpc) is 1.33. The molecule has 8 heterocycles. The molecule has 47 heteroatoms. The van der Waals surface area contributed by atoms with Crippen LogP contribution in [0.4, 0.5) is 0 Å². The number of aromatic nitrogens is 12. The molecule has 114 heavy (non-hydrogen) atoms. The van der Waals surface area contributed by atoms with Gasteiger partial charge in [-0.15, -0.1) is 20.4 Å². The Morgan fingerprint density at radius 3 is 1.00 bits per heavy atom. The monoisotopic (exact) mass is 1630 g/mol. The number of nitrogens with one attached hydrogen (secondary N) is 4. The number of carboxylic acids is 1. The van der Waals surface area contributed by atoms with Crippen LogP contribution in [-0.4, -0.2) is 395 Å². The van der Waals surface area contributed by atoms with Gasteiger partial charge in [-0.2, -0.15) is 0 Å². The molecular formula is C67H112N18O29. The van der Waals surface area contributed by atoms with Gasteiger partial charge < -0.3 is 139 Å². The molecule has 8 rings (SSSR count). The van der Waals surface area contributed by atoms with Crippen molar-refractivity contribution in [2.75, 3.05) is 112 Å². The highest BCUT2D eigenvalue weighted by atomic mass is 16.7. The molecule has 4 fully saturated rings. The van der Waals surface area contributed by atoms with Crippen molar-refractivity contribution in [1.82, 2.24) is 91.0 Å². The summed E-state index contributed by atoms with van der Waals surface area (Å²) in [5.41, 5.74) is 1.96. The van der Waals surface area contributed by atoms with E-state index in [1.165, 1.54) is 37.1 Å². The van der Waals surface area contributed by atoms with Crippen LogP contribution >= 0.6 is 0 Å². The van der Waals surface area contributed by atoms with E-state index in [1.807, 2.05) is 4.90 Å². The van der Waals surface area contributed by atoms with Gasteiger partial charge in [-0.1, -0.05) is 34.2 Å². The Morgan fingerprint density at radius 2 is 0.702 bits per heavy atom. The SMILES string of the molecule is CC(=O)N[C@H]1[C@H](OCCOCCn2cc(CN(Cc3cn(CCOCCO[C@@H]4O[C@H](CO)[C@H](O)[C@H](O)[C@H]4NC(C)=O)nn3)[C@@H](CCCCN(Cc3cn(CCOCCO[C@@H]4O[C@H](CO)[C@H](O)[C@H](O)[C@H]4NC(C)=O)nn3)Cc3cn(CCOCCO[C@@H]4O[C@H](CO)[C@H](O)[C@H](O)[C@H]4NC(C)=O)nn3)C(=O)O)nn2)O[C@H](CO)[C@H](O)[C@@H]1C. The largest absolute Gasteiger partial charge is 0.480 e. The molecule has 0 aromatic carbocycles. The molecule has 644 valence electrons. The lowest BCUT2D eigenvalue weighted by Gasteiger charge is -2.43. The van der Waals surface area contributed by atoms with Crippen LogP contribution in [0.3, 0.4) is 0 Å². The van der Waals surface area contributed by atoms with Gasteiger partial charge >= 0.3 is 5.97 Å². The molecule has 0 spiro atoms. The number of nitrogens with zero attached hydrogens (tertiary/aromatic N) is 14. The third-order valence-corrected chi connectivity index (χ3v) is 19.1. The van der Waals surface area contributed by atoms with Gasteiger partial charge in [0, 0.05) is 84.6 Å². The lowest BCUT2D eigenvalue weighted by Crippen LogP contribution is -2.64. The zero-order valence-electron chi connectivity index (χ0n) is 64.3. The van der Waals surface area contributed by atoms with E-state index < -0.39 is 179 Å². The molecule has 0 unspecified atom stereocenters. The van der Waals surface area contributed by atoms with Gasteiger partial charge in [-0.05, 0) is 19.4 Å². The third kappa shape index (κ3) is 28.3. The number of carboxylic acid groups (broad SMARTS) is 1. The molecule has 4 amide bonds. The van der Waals surface area contributed by atoms with Crippen molar-refractivity contribution in [1.29, 1.82) is 0 Å². The van der Waals surface area contributed by atoms with Gasteiger partial charge in [-0.25, -0.2) is 18.7 Å². The van der Waals surface area contributed by atoms with Crippen LogP contribution < -0.4 is 21.3 Å². The van der Waals surface area contributed by atoms with Crippen LogP contribution in [0.25, 0.3) is 0 Å². The molecule has 16 N–H and O–H groups in total. The number of hydrogen-bond acceptors (Lipinski definition) is 38. The van der Waals surface area contributed by atoms with Gasteiger partial charge in [0.15, 0.2) is 25.2 Å². The van der Waals surface area contributed by atoms with Crippen LogP contribution in [0.5, 0.6) is 0 Å². The van der Waals surface area contributed by atoms with Crippen LogP contribution in [-0.2, 0) is 133 Å². The predicted molar refractivity (Wildman–Crippen MR) is 380 cm³/mol. The van der Waals surface area contributed by atoms with E-state index >= 15 is 0 Å². The van der Waals surface area contributed by atoms with Crippen LogP contribution in [0.1, 0.15) is 76.7 Å². The van der Waals surface area contributed by atoms with Crippen molar-refractivity contribution < 1.29 is 142 Å². The maximum atomic E-state index is 13.6. The number of hydrogen-bond donors (Lipinski definition) is 16. The standard InChI is InChI=1S/C67H112N18O29/c1-38-52(68-39(2)90)64(111-48(34-86)56(38)94)107-22-18-103-16-12-84-32-45(74-78-84)28-81(29-46-33-85(79-75-46)13-17-106-21-25-110-67-55(71-42(5)93)62(100)59(97)51(37-89)114-67)47(63(101)102)8-6-7-9-80(26-43-30-82(76-72-43)10-14-104-19-23-108-65-53(69-40(3)91)60(98)57(95)49(35-87)112-65)27-44-31-83(77-73-44)11-15-105-20-24-109-66-54(70-41(4)92)61(99)58(96)50(36-88)113-66/h30-33,38,47-62,64-67,86-89,94-100H,6-29,34-37H2,1-5H3,(H,68,90)(H,69,91)(H,70,92)(H,71,93)(H,101,102)/t38-,47+,48-,49-,50-,51-,52-,53-,54-,55-,56-,57+,58+,59+,60-,61-,62-,64-,65-,66-,67-/m1/s1. The number of amides is 4. The van der Waals surface area contributed by atoms with Crippen LogP contribution in [0, 0.1) is 5.92 Å². The fraction of sp³-hybridized carbons (Fsp3) is 0.806. The first kappa shape index (κ1) is 92.4. The van der Waals surface area contributed by atoms with Gasteiger partial charge in [0.05, 0.1) is 167 Å². The second-order valence-corrected chi connectivity index (χ2v) is 27.9. The highest BCUT2D eigenvalue weighted by Crippen LogP contribution is 2.29.